The Bertz CT molecular complexity index is 891. The Hall–Kier alpha value is -3.02. The van der Waals surface area contributed by atoms with Gasteiger partial charge in [0.25, 0.3) is 0 Å². The minimum absolute atomic E-state index is 0.0199. The third-order valence-corrected chi connectivity index (χ3v) is 4.29. The van der Waals surface area contributed by atoms with Crippen molar-refractivity contribution in [1.82, 2.24) is 10.1 Å². The predicted octanol–water partition coefficient (Wildman–Crippen LogP) is 3.47. The fourth-order valence-corrected chi connectivity index (χ4v) is 2.94. The average Bonchev–Trinajstić information content (AvgIpc) is 3.17. The Labute approximate surface area is 145 Å². The van der Waals surface area contributed by atoms with E-state index in [1.54, 1.807) is 14.2 Å². The van der Waals surface area contributed by atoms with Crippen LogP contribution in [0.5, 0.6) is 17.2 Å². The first-order chi connectivity index (χ1) is 12.3. The van der Waals surface area contributed by atoms with E-state index in [1.807, 2.05) is 42.5 Å². The van der Waals surface area contributed by atoms with Crippen LogP contribution in [0, 0.1) is 0 Å². The summed E-state index contributed by atoms with van der Waals surface area (Å²) in [5, 5.41) is 4.10. The van der Waals surface area contributed by atoms with Crippen LogP contribution in [0.2, 0.25) is 0 Å². The molecule has 0 amide bonds. The van der Waals surface area contributed by atoms with Gasteiger partial charge in [-0.2, -0.15) is 4.98 Å². The highest BCUT2D eigenvalue weighted by Gasteiger charge is 2.27. The Kier molecular flexibility index (Phi) is 4.01. The van der Waals surface area contributed by atoms with Gasteiger partial charge in [0.05, 0.1) is 20.1 Å². The molecule has 6 nitrogen and oxygen atoms in total. The first-order valence-corrected chi connectivity index (χ1v) is 8.04. The third-order valence-electron chi connectivity index (χ3n) is 4.29. The number of rotatable bonds is 4. The fourth-order valence-electron chi connectivity index (χ4n) is 2.94. The van der Waals surface area contributed by atoms with Crippen LogP contribution in [0.4, 0.5) is 0 Å². The molecule has 2 aromatic carbocycles. The second-order valence-corrected chi connectivity index (χ2v) is 5.87. The van der Waals surface area contributed by atoms with Crippen LogP contribution in [0.3, 0.4) is 0 Å². The Morgan fingerprint density at radius 1 is 1.04 bits per heavy atom. The zero-order valence-corrected chi connectivity index (χ0v) is 14.1. The molecule has 0 bridgehead atoms. The number of aromatic nitrogens is 2. The van der Waals surface area contributed by atoms with E-state index in [0.717, 1.165) is 34.8 Å². The molecule has 0 saturated carbocycles. The molecule has 1 aliphatic rings. The van der Waals surface area contributed by atoms with Gasteiger partial charge in [-0.15, -0.1) is 0 Å². The van der Waals surface area contributed by atoms with E-state index in [4.69, 9.17) is 18.7 Å². The summed E-state index contributed by atoms with van der Waals surface area (Å²) < 4.78 is 21.9. The van der Waals surface area contributed by atoms with Crippen molar-refractivity contribution in [1.29, 1.82) is 0 Å². The number of hydrogen-bond donors (Lipinski definition) is 0. The van der Waals surface area contributed by atoms with Crippen molar-refractivity contribution in [2.45, 2.75) is 12.3 Å². The lowest BCUT2D eigenvalue weighted by Crippen LogP contribution is -2.19. The van der Waals surface area contributed by atoms with Crippen LogP contribution in [-0.2, 0) is 6.42 Å². The van der Waals surface area contributed by atoms with Crippen LogP contribution < -0.4 is 14.2 Å². The summed E-state index contributed by atoms with van der Waals surface area (Å²) in [6.45, 7) is 0.513. The summed E-state index contributed by atoms with van der Waals surface area (Å²) in [7, 11) is 3.28. The molecule has 128 valence electrons. The van der Waals surface area contributed by atoms with E-state index in [-0.39, 0.29) is 5.92 Å². The highest BCUT2D eigenvalue weighted by atomic mass is 16.5. The number of hydrogen-bond acceptors (Lipinski definition) is 6. The molecule has 0 fully saturated rings. The summed E-state index contributed by atoms with van der Waals surface area (Å²) in [5.41, 5.74) is 1.94. The molecule has 0 N–H and O–H groups in total. The van der Waals surface area contributed by atoms with Gasteiger partial charge in [-0.25, -0.2) is 0 Å². The van der Waals surface area contributed by atoms with Crippen molar-refractivity contribution in [2.75, 3.05) is 20.8 Å². The van der Waals surface area contributed by atoms with Crippen molar-refractivity contribution in [3.05, 3.63) is 53.9 Å². The topological polar surface area (TPSA) is 66.6 Å². The average molecular weight is 338 g/mol. The van der Waals surface area contributed by atoms with Gasteiger partial charge < -0.3 is 18.7 Å². The van der Waals surface area contributed by atoms with Gasteiger partial charge in [0.15, 0.2) is 0 Å². The summed E-state index contributed by atoms with van der Waals surface area (Å²) in [4.78, 5) is 4.55. The van der Waals surface area contributed by atoms with Crippen LogP contribution in [0.1, 0.15) is 17.4 Å². The summed E-state index contributed by atoms with van der Waals surface area (Å²) in [6.07, 6.45) is 0.770. The number of fused-ring (bicyclic) bond motifs is 1. The Morgan fingerprint density at radius 3 is 2.72 bits per heavy atom. The molecule has 0 unspecified atom stereocenters. The van der Waals surface area contributed by atoms with E-state index in [9.17, 15) is 0 Å². The summed E-state index contributed by atoms with van der Waals surface area (Å²) in [6, 6.07) is 13.4. The Morgan fingerprint density at radius 2 is 1.88 bits per heavy atom. The van der Waals surface area contributed by atoms with Gasteiger partial charge in [0.2, 0.25) is 11.7 Å². The van der Waals surface area contributed by atoms with Crippen molar-refractivity contribution in [2.24, 2.45) is 0 Å². The molecule has 1 aromatic heterocycles. The molecular formula is C19H18N2O4. The van der Waals surface area contributed by atoms with Gasteiger partial charge in [-0.05, 0) is 42.3 Å². The molecule has 0 aliphatic carbocycles. The SMILES string of the molecule is COc1cccc(-c2noc([C@@H]3COc4ccc(OC)cc4C3)n2)c1. The second kappa shape index (κ2) is 6.47. The van der Waals surface area contributed by atoms with Crippen molar-refractivity contribution >= 4 is 0 Å². The molecule has 3 aromatic rings. The fraction of sp³-hybridized carbons (Fsp3) is 0.263. The summed E-state index contributed by atoms with van der Waals surface area (Å²) >= 11 is 0. The minimum Gasteiger partial charge on any atom is -0.497 e. The van der Waals surface area contributed by atoms with Crippen LogP contribution in [0.25, 0.3) is 11.4 Å². The van der Waals surface area contributed by atoms with E-state index in [1.165, 1.54) is 0 Å². The smallest absolute Gasteiger partial charge is 0.233 e. The number of nitrogens with zero attached hydrogens (tertiary/aromatic N) is 2. The van der Waals surface area contributed by atoms with Gasteiger partial charge in [0.1, 0.15) is 23.9 Å². The maximum absolute atomic E-state index is 5.84. The highest BCUT2D eigenvalue weighted by molar-refractivity contribution is 5.57. The molecule has 1 atom stereocenters. The van der Waals surface area contributed by atoms with Gasteiger partial charge in [-0.1, -0.05) is 17.3 Å². The molecule has 25 heavy (non-hydrogen) atoms. The number of ether oxygens (including phenoxy) is 3. The zero-order valence-electron chi connectivity index (χ0n) is 14.1. The van der Waals surface area contributed by atoms with Gasteiger partial charge >= 0.3 is 0 Å². The van der Waals surface area contributed by atoms with Crippen LogP contribution in [0.15, 0.2) is 47.0 Å². The molecule has 0 saturated heterocycles. The molecule has 6 heteroatoms. The maximum atomic E-state index is 5.84. The number of methoxy groups -OCH3 is 2. The van der Waals surface area contributed by atoms with Crippen LogP contribution in [-0.4, -0.2) is 31.0 Å². The van der Waals surface area contributed by atoms with Gasteiger partial charge in [0, 0.05) is 5.56 Å². The lowest BCUT2D eigenvalue weighted by atomic mass is 9.96. The molecule has 0 radical (unpaired) electrons. The zero-order chi connectivity index (χ0) is 17.2. The quantitative estimate of drug-likeness (QED) is 0.726. The molecular weight excluding hydrogens is 320 g/mol. The van der Waals surface area contributed by atoms with E-state index in [0.29, 0.717) is 18.3 Å². The number of benzene rings is 2. The second-order valence-electron chi connectivity index (χ2n) is 5.87. The largest absolute Gasteiger partial charge is 0.497 e. The molecule has 4 rings (SSSR count). The van der Waals surface area contributed by atoms with Crippen molar-refractivity contribution in [3.63, 3.8) is 0 Å². The monoisotopic (exact) mass is 338 g/mol. The Balaban J connectivity index is 1.58. The van der Waals surface area contributed by atoms with Crippen molar-refractivity contribution < 1.29 is 18.7 Å². The minimum atomic E-state index is 0.0199. The molecule has 0 spiro atoms. The molecule has 1 aliphatic heterocycles. The lowest BCUT2D eigenvalue weighted by molar-refractivity contribution is 0.230. The normalized spacial score (nSPS) is 16.0. The van der Waals surface area contributed by atoms with E-state index in [2.05, 4.69) is 10.1 Å². The van der Waals surface area contributed by atoms with Crippen molar-refractivity contribution in [3.8, 4) is 28.6 Å². The van der Waals surface area contributed by atoms with E-state index >= 15 is 0 Å². The highest BCUT2D eigenvalue weighted by Crippen LogP contribution is 2.34. The first kappa shape index (κ1) is 15.5. The van der Waals surface area contributed by atoms with E-state index < -0.39 is 0 Å². The molecule has 2 heterocycles. The van der Waals surface area contributed by atoms with Crippen LogP contribution >= 0.6 is 0 Å². The van der Waals surface area contributed by atoms with Gasteiger partial charge in [-0.3, -0.25) is 0 Å². The summed E-state index contributed by atoms with van der Waals surface area (Å²) in [5.74, 6) is 3.59. The maximum Gasteiger partial charge on any atom is 0.233 e. The predicted molar refractivity (Wildman–Crippen MR) is 91.2 cm³/mol. The lowest BCUT2D eigenvalue weighted by Gasteiger charge is -2.23. The third kappa shape index (κ3) is 3.03. The first-order valence-electron chi connectivity index (χ1n) is 8.04. The standard InChI is InChI=1S/C19H18N2O4/c1-22-15-5-3-4-12(9-15)18-20-19(25-21-18)14-8-13-10-16(23-2)6-7-17(13)24-11-14/h3-7,9-10,14H,8,11H2,1-2H3/t14-/m0/s1.